The predicted octanol–water partition coefficient (Wildman–Crippen LogP) is 4.65. The van der Waals surface area contributed by atoms with Crippen molar-refractivity contribution in [3.63, 3.8) is 0 Å². The minimum absolute atomic E-state index is 0.0546. The Kier molecular flexibility index (Phi) is 6.06. The number of nitrogens with one attached hydrogen (secondary N) is 1. The third-order valence-electron chi connectivity index (χ3n) is 3.99. The topological polar surface area (TPSA) is 65.4 Å². The van der Waals surface area contributed by atoms with Crippen LogP contribution in [-0.2, 0) is 6.54 Å². The van der Waals surface area contributed by atoms with Crippen molar-refractivity contribution in [3.8, 4) is 11.5 Å². The Labute approximate surface area is 170 Å². The van der Waals surface area contributed by atoms with Gasteiger partial charge in [-0.1, -0.05) is 35.3 Å². The van der Waals surface area contributed by atoms with E-state index in [-0.39, 0.29) is 33.5 Å². The maximum atomic E-state index is 14.0. The number of carbonyl (C=O) groups excluding carboxylic acids is 1. The van der Waals surface area contributed by atoms with Gasteiger partial charge >= 0.3 is 0 Å². The SMILES string of the molecule is COc1cccc(OC)c1C(=O)Nc1nn(Cc2c(F)cccc2Cl)cc1Cl. The first kappa shape index (κ1) is 20.0. The summed E-state index contributed by atoms with van der Waals surface area (Å²) in [4.78, 5) is 12.7. The number of nitrogens with zero attached hydrogens (tertiary/aromatic N) is 2. The summed E-state index contributed by atoms with van der Waals surface area (Å²) >= 11 is 12.2. The minimum Gasteiger partial charge on any atom is -0.496 e. The summed E-state index contributed by atoms with van der Waals surface area (Å²) in [5.41, 5.74) is 0.475. The summed E-state index contributed by atoms with van der Waals surface area (Å²) in [7, 11) is 2.90. The molecule has 0 saturated carbocycles. The van der Waals surface area contributed by atoms with Gasteiger partial charge in [-0.15, -0.1) is 0 Å². The zero-order valence-electron chi connectivity index (χ0n) is 15.0. The molecule has 1 aromatic heterocycles. The number of aromatic nitrogens is 2. The standard InChI is InChI=1S/C19H16Cl2FN3O3/c1-27-15-7-4-8-16(28-2)17(15)19(26)23-18-13(21)10-25(24-18)9-11-12(20)5-3-6-14(11)22/h3-8,10H,9H2,1-2H3,(H,23,24,26). The normalized spacial score (nSPS) is 10.6. The van der Waals surface area contributed by atoms with Gasteiger partial charge < -0.3 is 14.8 Å². The molecule has 1 heterocycles. The fourth-order valence-corrected chi connectivity index (χ4v) is 3.07. The number of amides is 1. The van der Waals surface area contributed by atoms with Crippen molar-refractivity contribution in [1.29, 1.82) is 0 Å². The molecule has 0 aliphatic rings. The molecule has 0 aliphatic carbocycles. The lowest BCUT2D eigenvalue weighted by Crippen LogP contribution is -2.15. The maximum Gasteiger partial charge on any atom is 0.264 e. The van der Waals surface area contributed by atoms with Gasteiger partial charge in [0.05, 0.1) is 20.8 Å². The molecule has 0 saturated heterocycles. The molecule has 1 amide bonds. The Morgan fingerprint density at radius 2 is 1.75 bits per heavy atom. The highest BCUT2D eigenvalue weighted by atomic mass is 35.5. The molecule has 6 nitrogen and oxygen atoms in total. The Balaban J connectivity index is 1.86. The molecule has 9 heteroatoms. The van der Waals surface area contributed by atoms with Crippen LogP contribution in [0.5, 0.6) is 11.5 Å². The molecule has 2 aromatic carbocycles. The number of rotatable bonds is 6. The lowest BCUT2D eigenvalue weighted by Gasteiger charge is -2.12. The Morgan fingerprint density at radius 3 is 2.36 bits per heavy atom. The number of halogens is 3. The Morgan fingerprint density at radius 1 is 1.11 bits per heavy atom. The monoisotopic (exact) mass is 423 g/mol. The van der Waals surface area contributed by atoms with Crippen molar-refractivity contribution in [2.75, 3.05) is 19.5 Å². The van der Waals surface area contributed by atoms with Crippen LogP contribution in [0.4, 0.5) is 10.2 Å². The van der Waals surface area contributed by atoms with E-state index < -0.39 is 11.7 Å². The molecule has 0 radical (unpaired) electrons. The molecule has 28 heavy (non-hydrogen) atoms. The largest absolute Gasteiger partial charge is 0.496 e. The average Bonchev–Trinajstić information content (AvgIpc) is 3.03. The van der Waals surface area contributed by atoms with E-state index in [1.807, 2.05) is 0 Å². The smallest absolute Gasteiger partial charge is 0.264 e. The number of ether oxygens (including phenoxy) is 2. The van der Waals surface area contributed by atoms with Crippen molar-refractivity contribution in [2.45, 2.75) is 6.54 Å². The van der Waals surface area contributed by atoms with Gasteiger partial charge in [0.1, 0.15) is 27.9 Å². The van der Waals surface area contributed by atoms with Crippen molar-refractivity contribution < 1.29 is 18.7 Å². The molecular formula is C19H16Cl2FN3O3. The summed E-state index contributed by atoms with van der Waals surface area (Å²) in [6.45, 7) is 0.0546. The van der Waals surface area contributed by atoms with Gasteiger partial charge in [-0.3, -0.25) is 9.48 Å². The van der Waals surface area contributed by atoms with Gasteiger partial charge in [0, 0.05) is 16.8 Å². The van der Waals surface area contributed by atoms with E-state index in [2.05, 4.69) is 10.4 Å². The third-order valence-corrected chi connectivity index (χ3v) is 4.62. The molecule has 0 aliphatic heterocycles. The molecule has 3 aromatic rings. The van der Waals surface area contributed by atoms with Crippen LogP contribution in [0.3, 0.4) is 0 Å². The number of methoxy groups -OCH3 is 2. The maximum absolute atomic E-state index is 14.0. The quantitative estimate of drug-likeness (QED) is 0.626. The fraction of sp³-hybridized carbons (Fsp3) is 0.158. The second-order valence-electron chi connectivity index (χ2n) is 5.72. The van der Waals surface area contributed by atoms with Gasteiger partial charge in [0.15, 0.2) is 5.82 Å². The molecule has 0 atom stereocenters. The van der Waals surface area contributed by atoms with Crippen LogP contribution >= 0.6 is 23.2 Å². The summed E-state index contributed by atoms with van der Waals surface area (Å²) in [5.74, 6) is -0.169. The molecule has 0 bridgehead atoms. The van der Waals surface area contributed by atoms with Gasteiger partial charge in [-0.25, -0.2) is 4.39 Å². The first-order chi connectivity index (χ1) is 13.4. The van der Waals surface area contributed by atoms with Crippen LogP contribution in [0.2, 0.25) is 10.0 Å². The van der Waals surface area contributed by atoms with Crippen molar-refractivity contribution >= 4 is 34.9 Å². The highest BCUT2D eigenvalue weighted by Gasteiger charge is 2.21. The van der Waals surface area contributed by atoms with E-state index in [1.54, 1.807) is 24.3 Å². The predicted molar refractivity (Wildman–Crippen MR) is 105 cm³/mol. The van der Waals surface area contributed by atoms with Gasteiger partial charge in [0.25, 0.3) is 5.91 Å². The number of hydrogen-bond donors (Lipinski definition) is 1. The van der Waals surface area contributed by atoms with Crippen molar-refractivity contribution in [3.05, 3.63) is 69.6 Å². The van der Waals surface area contributed by atoms with Crippen LogP contribution in [0.25, 0.3) is 0 Å². The Bertz CT molecular complexity index is 981. The molecule has 0 fully saturated rings. The summed E-state index contributed by atoms with van der Waals surface area (Å²) in [6.07, 6.45) is 1.47. The van der Waals surface area contributed by atoms with E-state index in [0.29, 0.717) is 11.5 Å². The van der Waals surface area contributed by atoms with E-state index in [4.69, 9.17) is 32.7 Å². The van der Waals surface area contributed by atoms with Crippen LogP contribution < -0.4 is 14.8 Å². The van der Waals surface area contributed by atoms with Crippen LogP contribution in [-0.4, -0.2) is 29.9 Å². The van der Waals surface area contributed by atoms with E-state index in [1.165, 1.54) is 37.2 Å². The number of benzene rings is 2. The molecule has 3 rings (SSSR count). The molecule has 146 valence electrons. The van der Waals surface area contributed by atoms with Crippen LogP contribution in [0.15, 0.2) is 42.6 Å². The Hall–Kier alpha value is -2.77. The zero-order valence-corrected chi connectivity index (χ0v) is 16.5. The van der Waals surface area contributed by atoms with E-state index in [0.717, 1.165) is 0 Å². The molecule has 0 unspecified atom stereocenters. The molecule has 0 spiro atoms. The van der Waals surface area contributed by atoms with E-state index in [9.17, 15) is 9.18 Å². The van der Waals surface area contributed by atoms with Gasteiger partial charge in [0.2, 0.25) is 0 Å². The van der Waals surface area contributed by atoms with E-state index >= 15 is 0 Å². The second kappa shape index (κ2) is 8.50. The number of carbonyl (C=O) groups is 1. The number of hydrogen-bond acceptors (Lipinski definition) is 4. The van der Waals surface area contributed by atoms with Gasteiger partial charge in [-0.05, 0) is 24.3 Å². The zero-order chi connectivity index (χ0) is 20.3. The summed E-state index contributed by atoms with van der Waals surface area (Å²) in [5, 5.41) is 7.29. The second-order valence-corrected chi connectivity index (χ2v) is 6.53. The number of anilines is 1. The lowest BCUT2D eigenvalue weighted by atomic mass is 10.1. The first-order valence-electron chi connectivity index (χ1n) is 8.12. The molecule has 1 N–H and O–H groups in total. The summed E-state index contributed by atoms with van der Waals surface area (Å²) in [6, 6.07) is 9.39. The minimum atomic E-state index is -0.509. The van der Waals surface area contributed by atoms with Crippen LogP contribution in [0.1, 0.15) is 15.9 Å². The lowest BCUT2D eigenvalue weighted by molar-refractivity contribution is 0.102. The summed E-state index contributed by atoms with van der Waals surface area (Å²) < 4.78 is 25.8. The van der Waals surface area contributed by atoms with Crippen LogP contribution in [0, 0.1) is 5.82 Å². The highest BCUT2D eigenvalue weighted by molar-refractivity contribution is 6.33. The molecular weight excluding hydrogens is 408 g/mol. The fourth-order valence-electron chi connectivity index (χ4n) is 2.65. The average molecular weight is 424 g/mol. The highest BCUT2D eigenvalue weighted by Crippen LogP contribution is 2.30. The van der Waals surface area contributed by atoms with Crippen molar-refractivity contribution in [2.24, 2.45) is 0 Å². The first-order valence-corrected chi connectivity index (χ1v) is 8.88. The van der Waals surface area contributed by atoms with Gasteiger partial charge in [-0.2, -0.15) is 5.10 Å². The van der Waals surface area contributed by atoms with Crippen molar-refractivity contribution in [1.82, 2.24) is 9.78 Å². The third kappa shape index (κ3) is 4.05.